The molecule has 88 valence electrons. The Balaban J connectivity index is 1.62. The molecule has 0 heterocycles. The normalized spacial score (nSPS) is 33.9. The second kappa shape index (κ2) is 3.73. The van der Waals surface area contributed by atoms with Crippen LogP contribution >= 0.6 is 0 Å². The number of carbonyl (C=O) groups excluding carboxylic acids is 1. The highest BCUT2D eigenvalue weighted by Gasteiger charge is 2.55. The van der Waals surface area contributed by atoms with E-state index in [1.165, 1.54) is 5.57 Å². The zero-order chi connectivity index (χ0) is 12.0. The standard InChI is InChI=1S/C15H16O2/c1-9-8-12(9)13-10(2)14(13)17-15(16)11-6-4-3-5-7-11/h3-10,13-14H,1-2H3/t9-,10?,13?,14?/m1/s1. The average Bonchev–Trinajstić information content (AvgIpc) is 3.20. The molecule has 3 unspecified atom stereocenters. The van der Waals surface area contributed by atoms with Crippen molar-refractivity contribution in [2.45, 2.75) is 20.0 Å². The first kappa shape index (κ1) is 10.6. The monoisotopic (exact) mass is 228 g/mol. The van der Waals surface area contributed by atoms with E-state index in [4.69, 9.17) is 4.74 Å². The van der Waals surface area contributed by atoms with Crippen LogP contribution < -0.4 is 0 Å². The molecule has 0 spiro atoms. The average molecular weight is 228 g/mol. The highest BCUT2D eigenvalue weighted by Crippen LogP contribution is 2.54. The van der Waals surface area contributed by atoms with Crippen LogP contribution in [0.2, 0.25) is 0 Å². The highest BCUT2D eigenvalue weighted by atomic mass is 16.5. The minimum absolute atomic E-state index is 0.0962. The molecular weight excluding hydrogens is 212 g/mol. The Morgan fingerprint density at radius 1 is 1.18 bits per heavy atom. The third-order valence-corrected chi connectivity index (χ3v) is 3.79. The van der Waals surface area contributed by atoms with Gasteiger partial charge in [-0.2, -0.15) is 0 Å². The summed E-state index contributed by atoms with van der Waals surface area (Å²) in [6, 6.07) is 9.20. The molecule has 2 aliphatic carbocycles. The molecular formula is C15H16O2. The van der Waals surface area contributed by atoms with Crippen LogP contribution in [0.3, 0.4) is 0 Å². The lowest BCUT2D eigenvalue weighted by Crippen LogP contribution is -2.08. The van der Waals surface area contributed by atoms with E-state index >= 15 is 0 Å². The Kier molecular flexibility index (Phi) is 2.32. The fraction of sp³-hybridized carbons (Fsp3) is 0.400. The second-order valence-corrected chi connectivity index (χ2v) is 5.08. The van der Waals surface area contributed by atoms with Gasteiger partial charge in [0.05, 0.1) is 5.56 Å². The SMILES string of the molecule is CC1C(OC(=O)c2ccccc2)C1C1=C[C@H]1C. The van der Waals surface area contributed by atoms with Gasteiger partial charge in [-0.25, -0.2) is 4.79 Å². The van der Waals surface area contributed by atoms with Gasteiger partial charge >= 0.3 is 5.97 Å². The highest BCUT2D eigenvalue weighted by molar-refractivity contribution is 5.89. The second-order valence-electron chi connectivity index (χ2n) is 5.08. The van der Waals surface area contributed by atoms with Gasteiger partial charge in [-0.3, -0.25) is 0 Å². The minimum atomic E-state index is -0.196. The molecule has 4 atom stereocenters. The van der Waals surface area contributed by atoms with E-state index < -0.39 is 0 Å². The lowest BCUT2D eigenvalue weighted by atomic mass is 10.2. The van der Waals surface area contributed by atoms with Crippen molar-refractivity contribution in [2.24, 2.45) is 17.8 Å². The molecule has 2 aliphatic rings. The minimum Gasteiger partial charge on any atom is -0.458 e. The maximum absolute atomic E-state index is 11.9. The molecule has 2 heteroatoms. The molecule has 0 N–H and O–H groups in total. The van der Waals surface area contributed by atoms with Crippen molar-refractivity contribution in [3.05, 3.63) is 47.5 Å². The summed E-state index contributed by atoms with van der Waals surface area (Å²) in [6.07, 6.45) is 2.36. The summed E-state index contributed by atoms with van der Waals surface area (Å²) in [5, 5.41) is 0. The smallest absolute Gasteiger partial charge is 0.338 e. The number of carbonyl (C=O) groups is 1. The Morgan fingerprint density at radius 3 is 2.41 bits per heavy atom. The van der Waals surface area contributed by atoms with E-state index in [0.29, 0.717) is 23.3 Å². The lowest BCUT2D eigenvalue weighted by Gasteiger charge is -2.03. The number of hydrogen-bond acceptors (Lipinski definition) is 2. The van der Waals surface area contributed by atoms with E-state index in [9.17, 15) is 4.79 Å². The maximum Gasteiger partial charge on any atom is 0.338 e. The van der Waals surface area contributed by atoms with E-state index in [2.05, 4.69) is 19.9 Å². The summed E-state index contributed by atoms with van der Waals surface area (Å²) in [5.41, 5.74) is 2.12. The van der Waals surface area contributed by atoms with Crippen LogP contribution in [0.25, 0.3) is 0 Å². The number of esters is 1. The Morgan fingerprint density at radius 2 is 1.82 bits per heavy atom. The van der Waals surface area contributed by atoms with Crippen LogP contribution in [0.15, 0.2) is 42.0 Å². The van der Waals surface area contributed by atoms with Crippen molar-refractivity contribution in [3.63, 3.8) is 0 Å². The third-order valence-electron chi connectivity index (χ3n) is 3.79. The van der Waals surface area contributed by atoms with Crippen molar-refractivity contribution >= 4 is 5.97 Å². The summed E-state index contributed by atoms with van der Waals surface area (Å²) in [7, 11) is 0. The molecule has 1 aromatic carbocycles. The summed E-state index contributed by atoms with van der Waals surface area (Å²) in [5.74, 6) is 1.40. The van der Waals surface area contributed by atoms with E-state index in [-0.39, 0.29) is 12.1 Å². The number of benzene rings is 1. The van der Waals surface area contributed by atoms with E-state index in [0.717, 1.165) is 0 Å². The van der Waals surface area contributed by atoms with E-state index in [1.54, 1.807) is 12.1 Å². The van der Waals surface area contributed by atoms with Gasteiger partial charge in [0.1, 0.15) is 6.10 Å². The fourth-order valence-electron chi connectivity index (χ4n) is 2.52. The first-order chi connectivity index (χ1) is 8.18. The molecule has 0 aliphatic heterocycles. The first-order valence-corrected chi connectivity index (χ1v) is 6.16. The summed E-state index contributed by atoms with van der Waals surface area (Å²) < 4.78 is 5.54. The molecule has 0 aromatic heterocycles. The van der Waals surface area contributed by atoms with Crippen molar-refractivity contribution in [1.29, 1.82) is 0 Å². The van der Waals surface area contributed by atoms with Gasteiger partial charge in [0.15, 0.2) is 0 Å². The molecule has 17 heavy (non-hydrogen) atoms. The van der Waals surface area contributed by atoms with Crippen LogP contribution in [0, 0.1) is 17.8 Å². The Bertz CT molecular complexity index is 475. The molecule has 1 saturated carbocycles. The Labute approximate surface area is 101 Å². The fourth-order valence-corrected chi connectivity index (χ4v) is 2.52. The van der Waals surface area contributed by atoms with Crippen LogP contribution in [0.5, 0.6) is 0 Å². The molecule has 0 bridgehead atoms. The molecule has 2 nitrogen and oxygen atoms in total. The van der Waals surface area contributed by atoms with Gasteiger partial charge in [0.25, 0.3) is 0 Å². The number of ether oxygens (including phenoxy) is 1. The van der Waals surface area contributed by atoms with Crippen LogP contribution in [0.1, 0.15) is 24.2 Å². The molecule has 1 aromatic rings. The van der Waals surface area contributed by atoms with Crippen molar-refractivity contribution in [2.75, 3.05) is 0 Å². The predicted molar refractivity (Wildman–Crippen MR) is 65.5 cm³/mol. The van der Waals surface area contributed by atoms with Gasteiger partial charge in [-0.15, -0.1) is 0 Å². The topological polar surface area (TPSA) is 26.3 Å². The summed E-state index contributed by atoms with van der Waals surface area (Å²) in [6.45, 7) is 4.34. The number of rotatable bonds is 3. The molecule has 0 saturated heterocycles. The largest absolute Gasteiger partial charge is 0.458 e. The van der Waals surface area contributed by atoms with Gasteiger partial charge in [0, 0.05) is 11.8 Å². The van der Waals surface area contributed by atoms with Crippen LogP contribution in [-0.2, 0) is 4.74 Å². The quantitative estimate of drug-likeness (QED) is 0.587. The van der Waals surface area contributed by atoms with Crippen molar-refractivity contribution in [3.8, 4) is 0 Å². The van der Waals surface area contributed by atoms with Gasteiger partial charge in [-0.05, 0) is 18.1 Å². The zero-order valence-corrected chi connectivity index (χ0v) is 10.1. The third kappa shape index (κ3) is 1.88. The van der Waals surface area contributed by atoms with Crippen molar-refractivity contribution in [1.82, 2.24) is 0 Å². The molecule has 0 amide bonds. The Hall–Kier alpha value is -1.57. The predicted octanol–water partition coefficient (Wildman–Crippen LogP) is 3.05. The van der Waals surface area contributed by atoms with Gasteiger partial charge in [-0.1, -0.05) is 43.7 Å². The lowest BCUT2D eigenvalue weighted by molar-refractivity contribution is 0.0442. The number of allylic oxidation sites excluding steroid dienone is 1. The zero-order valence-electron chi connectivity index (χ0n) is 10.1. The van der Waals surface area contributed by atoms with Crippen molar-refractivity contribution < 1.29 is 9.53 Å². The molecule has 1 fully saturated rings. The number of hydrogen-bond donors (Lipinski definition) is 0. The molecule has 0 radical (unpaired) electrons. The van der Waals surface area contributed by atoms with Gasteiger partial charge < -0.3 is 4.74 Å². The first-order valence-electron chi connectivity index (χ1n) is 6.16. The van der Waals surface area contributed by atoms with Crippen LogP contribution in [-0.4, -0.2) is 12.1 Å². The van der Waals surface area contributed by atoms with E-state index in [1.807, 2.05) is 18.2 Å². The maximum atomic E-state index is 11.9. The summed E-state index contributed by atoms with van der Waals surface area (Å²) >= 11 is 0. The summed E-state index contributed by atoms with van der Waals surface area (Å²) in [4.78, 5) is 11.9. The van der Waals surface area contributed by atoms with Crippen LogP contribution in [0.4, 0.5) is 0 Å². The molecule has 3 rings (SSSR count). The van der Waals surface area contributed by atoms with Gasteiger partial charge in [0.2, 0.25) is 0 Å².